The fourth-order valence-corrected chi connectivity index (χ4v) is 4.93. The van der Waals surface area contributed by atoms with Gasteiger partial charge >= 0.3 is 6.03 Å². The number of carbonyl (C=O) groups is 1. The average molecular weight is 485 g/mol. The van der Waals surface area contributed by atoms with Gasteiger partial charge < -0.3 is 15.5 Å². The SMILES string of the molecule is CCNC(=O)Nc1ccc(N(C)C)c(CN(Cc2ccccc2)S(=O)(=O)c2ccc(F)cc2)c1. The number of urea groups is 1. The largest absolute Gasteiger partial charge is 0.377 e. The molecule has 7 nitrogen and oxygen atoms in total. The Bertz CT molecular complexity index is 1220. The molecular formula is C25H29FN4O3S. The third-order valence-electron chi connectivity index (χ3n) is 5.16. The van der Waals surface area contributed by atoms with Gasteiger partial charge in [-0.2, -0.15) is 4.31 Å². The van der Waals surface area contributed by atoms with Gasteiger partial charge in [-0.1, -0.05) is 30.3 Å². The monoisotopic (exact) mass is 484 g/mol. The minimum Gasteiger partial charge on any atom is -0.377 e. The van der Waals surface area contributed by atoms with Crippen molar-refractivity contribution in [1.29, 1.82) is 0 Å². The molecule has 3 aromatic carbocycles. The maximum Gasteiger partial charge on any atom is 0.319 e. The fourth-order valence-electron chi connectivity index (χ4n) is 3.52. The fraction of sp³-hybridized carbons (Fsp3) is 0.240. The van der Waals surface area contributed by atoms with Crippen LogP contribution in [0.3, 0.4) is 0 Å². The molecule has 0 aliphatic heterocycles. The van der Waals surface area contributed by atoms with Crippen molar-refractivity contribution in [2.75, 3.05) is 30.9 Å². The van der Waals surface area contributed by atoms with E-state index < -0.39 is 15.8 Å². The van der Waals surface area contributed by atoms with E-state index in [0.29, 0.717) is 17.8 Å². The molecule has 0 fully saturated rings. The van der Waals surface area contributed by atoms with Crippen LogP contribution in [-0.2, 0) is 23.1 Å². The number of hydrogen-bond donors (Lipinski definition) is 2. The van der Waals surface area contributed by atoms with Crippen molar-refractivity contribution in [2.24, 2.45) is 0 Å². The van der Waals surface area contributed by atoms with Gasteiger partial charge in [-0.3, -0.25) is 0 Å². The van der Waals surface area contributed by atoms with Crippen LogP contribution in [0.4, 0.5) is 20.6 Å². The molecule has 3 aromatic rings. The van der Waals surface area contributed by atoms with Crippen molar-refractivity contribution in [3.8, 4) is 0 Å². The molecule has 0 unspecified atom stereocenters. The molecule has 0 radical (unpaired) electrons. The first-order valence-electron chi connectivity index (χ1n) is 10.9. The van der Waals surface area contributed by atoms with Crippen molar-refractivity contribution < 1.29 is 17.6 Å². The zero-order chi connectivity index (χ0) is 24.7. The number of hydrogen-bond acceptors (Lipinski definition) is 4. The van der Waals surface area contributed by atoms with Crippen molar-refractivity contribution in [3.05, 3.63) is 89.7 Å². The van der Waals surface area contributed by atoms with Crippen LogP contribution in [0.2, 0.25) is 0 Å². The molecular weight excluding hydrogens is 455 g/mol. The molecule has 180 valence electrons. The van der Waals surface area contributed by atoms with E-state index in [9.17, 15) is 17.6 Å². The van der Waals surface area contributed by atoms with Gasteiger partial charge in [-0.05, 0) is 60.5 Å². The Kier molecular flexibility index (Phi) is 8.25. The normalized spacial score (nSPS) is 11.3. The maximum atomic E-state index is 13.6. The molecule has 0 heterocycles. The predicted octanol–water partition coefficient (Wildman–Crippen LogP) is 4.42. The van der Waals surface area contributed by atoms with E-state index in [4.69, 9.17) is 0 Å². The minimum absolute atomic E-state index is 0.00726. The van der Waals surface area contributed by atoms with Crippen LogP contribution in [0.5, 0.6) is 0 Å². The summed E-state index contributed by atoms with van der Waals surface area (Å²) in [5.41, 5.74) is 2.89. The number of nitrogens with one attached hydrogen (secondary N) is 2. The molecule has 3 rings (SSSR count). The van der Waals surface area contributed by atoms with Crippen LogP contribution in [0, 0.1) is 5.82 Å². The van der Waals surface area contributed by atoms with Gasteiger partial charge in [0.25, 0.3) is 0 Å². The maximum absolute atomic E-state index is 13.6. The summed E-state index contributed by atoms with van der Waals surface area (Å²) in [6.45, 7) is 2.48. The van der Waals surface area contributed by atoms with Crippen molar-refractivity contribution >= 4 is 27.4 Å². The minimum atomic E-state index is -3.95. The number of nitrogens with zero attached hydrogens (tertiary/aromatic N) is 2. The van der Waals surface area contributed by atoms with E-state index in [1.165, 1.54) is 16.4 Å². The van der Waals surface area contributed by atoms with Crippen LogP contribution < -0.4 is 15.5 Å². The van der Waals surface area contributed by atoms with Crippen molar-refractivity contribution in [1.82, 2.24) is 9.62 Å². The summed E-state index contributed by atoms with van der Waals surface area (Å²) in [6, 6.07) is 19.1. The Hall–Kier alpha value is -3.43. The summed E-state index contributed by atoms with van der Waals surface area (Å²) in [7, 11) is -0.219. The Morgan fingerprint density at radius 1 is 0.941 bits per heavy atom. The van der Waals surface area contributed by atoms with E-state index in [-0.39, 0.29) is 24.0 Å². The lowest BCUT2D eigenvalue weighted by Crippen LogP contribution is -2.31. The van der Waals surface area contributed by atoms with Gasteiger partial charge in [0.2, 0.25) is 10.0 Å². The highest BCUT2D eigenvalue weighted by Crippen LogP contribution is 2.28. The van der Waals surface area contributed by atoms with E-state index in [1.807, 2.05) is 62.3 Å². The second-order valence-corrected chi connectivity index (χ2v) is 9.87. The van der Waals surface area contributed by atoms with E-state index in [2.05, 4.69) is 10.6 Å². The molecule has 0 saturated carbocycles. The number of halogens is 1. The molecule has 0 bridgehead atoms. The summed E-state index contributed by atoms with van der Waals surface area (Å²) in [5, 5.41) is 5.45. The number of sulfonamides is 1. The number of amides is 2. The number of anilines is 2. The summed E-state index contributed by atoms with van der Waals surface area (Å²) >= 11 is 0. The standard InChI is InChI=1S/C25H29FN4O3S/c1-4-27-25(31)28-22-12-15-24(29(2)3)20(16-22)18-30(17-19-8-6-5-7-9-19)34(32,33)23-13-10-21(26)11-14-23/h5-16H,4,17-18H2,1-3H3,(H2,27,28,31). The second-order valence-electron chi connectivity index (χ2n) is 7.93. The summed E-state index contributed by atoms with van der Waals surface area (Å²) in [4.78, 5) is 13.9. The zero-order valence-electron chi connectivity index (χ0n) is 19.5. The van der Waals surface area contributed by atoms with Crippen molar-refractivity contribution in [3.63, 3.8) is 0 Å². The van der Waals surface area contributed by atoms with E-state index in [0.717, 1.165) is 23.4 Å². The molecule has 0 aliphatic rings. The van der Waals surface area contributed by atoms with Crippen molar-refractivity contribution in [2.45, 2.75) is 24.9 Å². The van der Waals surface area contributed by atoms with Crippen LogP contribution in [0.25, 0.3) is 0 Å². The molecule has 9 heteroatoms. The molecule has 0 atom stereocenters. The first kappa shape index (κ1) is 25.2. The Morgan fingerprint density at radius 3 is 2.24 bits per heavy atom. The van der Waals surface area contributed by atoms with Crippen LogP contribution >= 0.6 is 0 Å². The molecule has 0 aromatic heterocycles. The molecule has 2 N–H and O–H groups in total. The van der Waals surface area contributed by atoms with Gasteiger partial charge in [-0.25, -0.2) is 17.6 Å². The lowest BCUT2D eigenvalue weighted by atomic mass is 10.1. The highest BCUT2D eigenvalue weighted by atomic mass is 32.2. The van der Waals surface area contributed by atoms with Crippen LogP contribution in [0.15, 0.2) is 77.7 Å². The predicted molar refractivity (Wildman–Crippen MR) is 133 cm³/mol. The Balaban J connectivity index is 2.02. The number of benzene rings is 3. The smallest absolute Gasteiger partial charge is 0.319 e. The number of rotatable bonds is 9. The number of carbonyl (C=O) groups excluding carboxylic acids is 1. The summed E-state index contributed by atoms with van der Waals surface area (Å²) in [5.74, 6) is -0.507. The summed E-state index contributed by atoms with van der Waals surface area (Å²) in [6.07, 6.45) is 0. The van der Waals surface area contributed by atoms with Gasteiger partial charge in [0, 0.05) is 45.1 Å². The molecule has 0 spiro atoms. The Labute approximate surface area is 200 Å². The quantitative estimate of drug-likeness (QED) is 0.471. The zero-order valence-corrected chi connectivity index (χ0v) is 20.3. The van der Waals surface area contributed by atoms with Gasteiger partial charge in [-0.15, -0.1) is 0 Å². The highest BCUT2D eigenvalue weighted by molar-refractivity contribution is 7.89. The average Bonchev–Trinajstić information content (AvgIpc) is 2.80. The molecule has 2 amide bonds. The van der Waals surface area contributed by atoms with Crippen LogP contribution in [-0.4, -0.2) is 39.4 Å². The first-order chi connectivity index (χ1) is 16.2. The van der Waals surface area contributed by atoms with E-state index >= 15 is 0 Å². The lowest BCUT2D eigenvalue weighted by molar-refractivity contribution is 0.252. The summed E-state index contributed by atoms with van der Waals surface area (Å²) < 4.78 is 42.0. The third kappa shape index (κ3) is 6.33. The second kappa shape index (κ2) is 11.1. The molecule has 0 saturated heterocycles. The van der Waals surface area contributed by atoms with E-state index in [1.54, 1.807) is 12.1 Å². The molecule has 0 aliphatic carbocycles. The topological polar surface area (TPSA) is 81.8 Å². The van der Waals surface area contributed by atoms with Crippen LogP contribution in [0.1, 0.15) is 18.1 Å². The molecule has 34 heavy (non-hydrogen) atoms. The highest BCUT2D eigenvalue weighted by Gasteiger charge is 2.26. The van der Waals surface area contributed by atoms with Gasteiger partial charge in [0.15, 0.2) is 0 Å². The lowest BCUT2D eigenvalue weighted by Gasteiger charge is -2.26. The Morgan fingerprint density at radius 2 is 1.62 bits per heavy atom. The van der Waals surface area contributed by atoms with Gasteiger partial charge in [0.1, 0.15) is 5.82 Å². The first-order valence-corrected chi connectivity index (χ1v) is 12.3. The third-order valence-corrected chi connectivity index (χ3v) is 6.96. The van der Waals surface area contributed by atoms with Gasteiger partial charge in [0.05, 0.1) is 4.90 Å².